The van der Waals surface area contributed by atoms with Crippen molar-refractivity contribution >= 4 is 18.2 Å². The molecular formula is C34H52N2O7. The number of carbonyl (C=O) groups excluding carboxylic acids is 3. The summed E-state index contributed by atoms with van der Waals surface area (Å²) in [5, 5.41) is 0. The number of hydrogen-bond donors (Lipinski definition) is 0. The van der Waals surface area contributed by atoms with E-state index in [1.54, 1.807) is 31.9 Å². The van der Waals surface area contributed by atoms with Crippen molar-refractivity contribution in [1.82, 2.24) is 9.80 Å². The highest BCUT2D eigenvalue weighted by Crippen LogP contribution is 2.55. The number of likely N-dealkylation sites (tertiary alicyclic amines) is 2. The average Bonchev–Trinajstić information content (AvgIpc) is 3.47. The molecule has 1 spiro atoms. The minimum atomic E-state index is -0.963. The Bertz CT molecular complexity index is 1140. The van der Waals surface area contributed by atoms with Crippen LogP contribution in [0.3, 0.4) is 0 Å². The molecule has 43 heavy (non-hydrogen) atoms. The molecule has 0 aromatic carbocycles. The van der Waals surface area contributed by atoms with Crippen LogP contribution in [0.15, 0.2) is 42.1 Å². The summed E-state index contributed by atoms with van der Waals surface area (Å²) in [6, 6.07) is 0.920. The first-order chi connectivity index (χ1) is 20.1. The van der Waals surface area contributed by atoms with E-state index in [1.807, 2.05) is 50.8 Å². The summed E-state index contributed by atoms with van der Waals surface area (Å²) in [7, 11) is 0. The van der Waals surface area contributed by atoms with E-state index in [0.717, 1.165) is 49.8 Å². The van der Waals surface area contributed by atoms with Gasteiger partial charge in [-0.2, -0.15) is 0 Å². The Kier molecular flexibility index (Phi) is 11.2. The van der Waals surface area contributed by atoms with E-state index in [2.05, 4.69) is 13.2 Å². The second-order valence-electron chi connectivity index (χ2n) is 13.8. The van der Waals surface area contributed by atoms with Gasteiger partial charge in [0.25, 0.3) is 0 Å². The van der Waals surface area contributed by atoms with E-state index >= 15 is 0 Å². The Hall–Kier alpha value is -3.23. The van der Waals surface area contributed by atoms with Crippen LogP contribution in [0.4, 0.5) is 9.59 Å². The van der Waals surface area contributed by atoms with Gasteiger partial charge in [-0.25, -0.2) is 9.59 Å². The lowest BCUT2D eigenvalue weighted by Gasteiger charge is -2.48. The Morgan fingerprint density at radius 1 is 1.07 bits per heavy atom. The van der Waals surface area contributed by atoms with Crippen molar-refractivity contribution in [1.29, 1.82) is 0 Å². The molecule has 0 saturated carbocycles. The van der Waals surface area contributed by atoms with Gasteiger partial charge in [0.05, 0.1) is 17.7 Å². The van der Waals surface area contributed by atoms with Gasteiger partial charge < -0.3 is 23.5 Å². The molecule has 2 amide bonds. The van der Waals surface area contributed by atoms with Crippen molar-refractivity contribution in [3.05, 3.63) is 49.0 Å². The zero-order valence-corrected chi connectivity index (χ0v) is 27.3. The number of aryl methyl sites for hydroxylation is 1. The summed E-state index contributed by atoms with van der Waals surface area (Å²) < 4.78 is 22.7. The highest BCUT2D eigenvalue weighted by molar-refractivity contribution is 5.87. The molecule has 2 aliphatic heterocycles. The van der Waals surface area contributed by atoms with Gasteiger partial charge in [-0.1, -0.05) is 12.2 Å². The van der Waals surface area contributed by atoms with Crippen LogP contribution in [0.2, 0.25) is 0 Å². The number of unbranched alkanes of at least 4 members (excludes halogenated alkanes) is 2. The third kappa shape index (κ3) is 8.45. The van der Waals surface area contributed by atoms with E-state index in [0.29, 0.717) is 19.5 Å². The van der Waals surface area contributed by atoms with Crippen LogP contribution in [-0.2, 0) is 25.4 Å². The third-order valence-electron chi connectivity index (χ3n) is 8.27. The highest BCUT2D eigenvalue weighted by Gasteiger charge is 2.63. The zero-order valence-electron chi connectivity index (χ0n) is 27.3. The van der Waals surface area contributed by atoms with Crippen LogP contribution >= 0.6 is 0 Å². The maximum atomic E-state index is 14.7. The van der Waals surface area contributed by atoms with Crippen molar-refractivity contribution < 1.29 is 33.0 Å². The van der Waals surface area contributed by atoms with Gasteiger partial charge in [0.2, 0.25) is 5.91 Å². The number of nitrogens with zero attached hydrogens (tertiary/aromatic N) is 2. The Morgan fingerprint density at radius 3 is 2.37 bits per heavy atom. The summed E-state index contributed by atoms with van der Waals surface area (Å²) in [5.74, 6) is 0.651. The fraction of sp³-hybridized carbons (Fsp3) is 0.676. The molecule has 3 rings (SSSR count). The Labute approximate surface area is 257 Å². The summed E-state index contributed by atoms with van der Waals surface area (Å²) in [6.07, 6.45) is 9.40. The standard InChI is InChI=1S/C34H52N2O7/c1-10-12-14-15-18-35-19-17-28(25-20-27(40-22-25)16-13-11-2)34(29(35)37)21-26(23-41-31(39)43-33(7,8)9)36(24(34)3)30(38)42-32(4,5)6/h10-11,20,22,24,26,28H,1-2,12-19,21,23H2,3-9H3/t24?,26?,28-,34+/m0/s1. The van der Waals surface area contributed by atoms with Crippen molar-refractivity contribution in [3.63, 3.8) is 0 Å². The fourth-order valence-electron chi connectivity index (χ4n) is 6.44. The maximum Gasteiger partial charge on any atom is 0.508 e. The second kappa shape index (κ2) is 14.0. The molecule has 0 radical (unpaired) electrons. The van der Waals surface area contributed by atoms with E-state index in [1.165, 1.54) is 0 Å². The first-order valence-electron chi connectivity index (χ1n) is 15.6. The first-order valence-corrected chi connectivity index (χ1v) is 15.6. The molecule has 2 saturated heterocycles. The van der Waals surface area contributed by atoms with E-state index < -0.39 is 40.9 Å². The van der Waals surface area contributed by atoms with Crippen molar-refractivity contribution in [2.24, 2.45) is 5.41 Å². The van der Waals surface area contributed by atoms with Crippen LogP contribution < -0.4 is 0 Å². The monoisotopic (exact) mass is 600 g/mol. The topological polar surface area (TPSA) is 98.5 Å². The average molecular weight is 601 g/mol. The van der Waals surface area contributed by atoms with Gasteiger partial charge in [0.15, 0.2) is 0 Å². The van der Waals surface area contributed by atoms with Crippen molar-refractivity contribution in [2.75, 3.05) is 19.7 Å². The normalized spacial score (nSPS) is 24.3. The lowest BCUT2D eigenvalue weighted by molar-refractivity contribution is -0.149. The van der Waals surface area contributed by atoms with Crippen molar-refractivity contribution in [2.45, 2.75) is 123 Å². The summed E-state index contributed by atoms with van der Waals surface area (Å²) >= 11 is 0. The molecule has 2 fully saturated rings. The second-order valence-corrected chi connectivity index (χ2v) is 13.8. The first kappa shape index (κ1) is 34.3. The van der Waals surface area contributed by atoms with E-state index in [9.17, 15) is 14.4 Å². The Morgan fingerprint density at radius 2 is 1.74 bits per heavy atom. The zero-order chi connectivity index (χ0) is 32.0. The molecular weight excluding hydrogens is 548 g/mol. The number of amides is 2. The molecule has 1 aromatic heterocycles. The summed E-state index contributed by atoms with van der Waals surface area (Å²) in [6.45, 7) is 21.4. The van der Waals surface area contributed by atoms with Gasteiger partial charge >= 0.3 is 12.2 Å². The molecule has 0 bridgehead atoms. The van der Waals surface area contributed by atoms with Gasteiger partial charge in [0.1, 0.15) is 23.6 Å². The predicted molar refractivity (Wildman–Crippen MR) is 166 cm³/mol. The van der Waals surface area contributed by atoms with Gasteiger partial charge in [-0.05, 0) is 98.6 Å². The van der Waals surface area contributed by atoms with E-state index in [4.69, 9.17) is 18.6 Å². The third-order valence-corrected chi connectivity index (χ3v) is 8.27. The number of rotatable bonds is 11. The number of ether oxygens (including phenoxy) is 3. The smallest absolute Gasteiger partial charge is 0.469 e. The minimum Gasteiger partial charge on any atom is -0.469 e. The molecule has 2 aliphatic rings. The number of furan rings is 1. The number of hydrogen-bond acceptors (Lipinski definition) is 7. The lowest BCUT2D eigenvalue weighted by Crippen LogP contribution is -2.58. The molecule has 2 unspecified atom stereocenters. The van der Waals surface area contributed by atoms with Gasteiger partial charge in [-0.15, -0.1) is 13.2 Å². The number of piperidine rings is 1. The fourth-order valence-corrected chi connectivity index (χ4v) is 6.44. The van der Waals surface area contributed by atoms with Gasteiger partial charge in [0, 0.05) is 31.5 Å². The quantitative estimate of drug-likeness (QED) is 0.148. The Balaban J connectivity index is 2.02. The SMILES string of the molecule is C=CCCCCN1CC[C@@H](c2coc(CCC=C)c2)[C@]2(CC(COC(=O)OC(C)(C)C)N(C(=O)OC(C)(C)C)C2C)C1=O. The van der Waals surface area contributed by atoms with Crippen LogP contribution in [0.25, 0.3) is 0 Å². The van der Waals surface area contributed by atoms with Crippen molar-refractivity contribution in [3.8, 4) is 0 Å². The molecule has 9 heteroatoms. The predicted octanol–water partition coefficient (Wildman–Crippen LogP) is 7.41. The number of allylic oxidation sites excluding steroid dienone is 2. The lowest BCUT2D eigenvalue weighted by atomic mass is 9.63. The largest absolute Gasteiger partial charge is 0.508 e. The van der Waals surface area contributed by atoms with Crippen LogP contribution in [0.5, 0.6) is 0 Å². The van der Waals surface area contributed by atoms with Crippen LogP contribution in [0.1, 0.15) is 104 Å². The molecule has 1 aromatic rings. The maximum absolute atomic E-state index is 14.7. The van der Waals surface area contributed by atoms with Crippen LogP contribution in [0, 0.1) is 5.41 Å². The summed E-state index contributed by atoms with van der Waals surface area (Å²) in [4.78, 5) is 44.5. The molecule has 4 atom stereocenters. The number of carbonyl (C=O) groups is 3. The minimum absolute atomic E-state index is 0.0111. The molecule has 9 nitrogen and oxygen atoms in total. The molecule has 3 heterocycles. The highest BCUT2D eigenvalue weighted by atomic mass is 16.7. The van der Waals surface area contributed by atoms with Gasteiger partial charge in [-0.3, -0.25) is 9.69 Å². The molecule has 0 aliphatic carbocycles. The van der Waals surface area contributed by atoms with E-state index in [-0.39, 0.29) is 18.4 Å². The molecule has 0 N–H and O–H groups in total. The van der Waals surface area contributed by atoms with Crippen LogP contribution in [-0.4, -0.2) is 70.9 Å². The summed E-state index contributed by atoms with van der Waals surface area (Å²) in [5.41, 5.74) is -1.49. The molecule has 240 valence electrons.